The number of H-pyrrole nitrogens is 1. The standard InChI is InChI=1S/C38H38N6O5/c45-31-25-30(35-40(26-13-5-1-6-14-26)21-22-41(35)27-15-7-2-8-16-27)44(38(48)39-31)37-33(47)32(46)34(49-37)36-42(28-17-9-3-10-18-28)23-24-43(36)29-19-11-4-12-20-29/h1-20,25,32-37,46-47H,21-24H2,(H,39,45,48)/t32-,33+,34-,37+/m0/s1. The molecule has 0 saturated carbocycles. The van der Waals surface area contributed by atoms with E-state index in [-0.39, 0.29) is 0 Å². The molecule has 0 unspecified atom stereocenters. The van der Waals surface area contributed by atoms with E-state index in [1.54, 1.807) is 0 Å². The molecular weight excluding hydrogens is 620 g/mol. The number of nitrogens with zero attached hydrogens (tertiary/aromatic N) is 5. The summed E-state index contributed by atoms with van der Waals surface area (Å²) in [6, 6.07) is 40.9. The van der Waals surface area contributed by atoms with Crippen molar-refractivity contribution in [1.29, 1.82) is 0 Å². The second-order valence-electron chi connectivity index (χ2n) is 12.6. The Kier molecular flexibility index (Phi) is 8.16. The molecule has 250 valence electrons. The van der Waals surface area contributed by atoms with Crippen molar-refractivity contribution in [3.05, 3.63) is 154 Å². The fourth-order valence-corrected chi connectivity index (χ4v) is 7.66. The van der Waals surface area contributed by atoms with Gasteiger partial charge in [0.05, 0.1) is 5.69 Å². The molecule has 1 aromatic heterocycles. The summed E-state index contributed by atoms with van der Waals surface area (Å²) in [5, 5.41) is 23.6. The van der Waals surface area contributed by atoms with Gasteiger partial charge in [0, 0.05) is 55.0 Å². The number of nitrogens with one attached hydrogen (secondary N) is 1. The lowest BCUT2D eigenvalue weighted by atomic mass is 10.1. The van der Waals surface area contributed by atoms with E-state index >= 15 is 0 Å². The molecule has 0 amide bonds. The highest BCUT2D eigenvalue weighted by Gasteiger charge is 2.53. The Hall–Kier alpha value is -5.36. The van der Waals surface area contributed by atoms with Gasteiger partial charge in [0.15, 0.2) is 6.23 Å². The molecule has 3 aliphatic heterocycles. The van der Waals surface area contributed by atoms with Crippen molar-refractivity contribution in [3.63, 3.8) is 0 Å². The number of benzene rings is 4. The summed E-state index contributed by atoms with van der Waals surface area (Å²) in [5.74, 6) is 0. The lowest BCUT2D eigenvalue weighted by Crippen LogP contribution is -2.52. The zero-order valence-corrected chi connectivity index (χ0v) is 26.8. The van der Waals surface area contributed by atoms with Crippen molar-refractivity contribution in [1.82, 2.24) is 9.55 Å². The Bertz CT molecular complexity index is 1900. The lowest BCUT2D eigenvalue weighted by Gasteiger charge is -2.38. The normalized spacial score (nSPS) is 23.1. The van der Waals surface area contributed by atoms with Gasteiger partial charge in [-0.25, -0.2) is 4.79 Å². The molecule has 0 bridgehead atoms. The molecular formula is C38H38N6O5. The predicted molar refractivity (Wildman–Crippen MR) is 189 cm³/mol. The van der Waals surface area contributed by atoms with Gasteiger partial charge in [-0.1, -0.05) is 72.8 Å². The number of aromatic amines is 1. The SMILES string of the molecule is O=c1cc(C2N(c3ccccc3)CCN2c2ccccc2)n([C@@H]2O[C@H](C3N(c4ccccc4)CCN3c3ccccc3)[C@@H](O)[C@H]2O)c(=O)[nH]1. The van der Waals surface area contributed by atoms with Crippen LogP contribution >= 0.6 is 0 Å². The van der Waals surface area contributed by atoms with Crippen LogP contribution in [0.3, 0.4) is 0 Å². The third kappa shape index (κ3) is 5.55. The van der Waals surface area contributed by atoms with Crippen LogP contribution in [0.4, 0.5) is 22.7 Å². The minimum absolute atomic E-state index is 0.349. The van der Waals surface area contributed by atoms with Crippen molar-refractivity contribution in [2.24, 2.45) is 0 Å². The molecule has 4 heterocycles. The minimum Gasteiger partial charge on any atom is -0.387 e. The van der Waals surface area contributed by atoms with Gasteiger partial charge in [-0.15, -0.1) is 0 Å². The Morgan fingerprint density at radius 2 is 0.980 bits per heavy atom. The van der Waals surface area contributed by atoms with Crippen LogP contribution in [-0.4, -0.2) is 70.4 Å². The van der Waals surface area contributed by atoms with Crippen LogP contribution in [0.2, 0.25) is 0 Å². The second-order valence-corrected chi connectivity index (χ2v) is 12.6. The third-order valence-corrected chi connectivity index (χ3v) is 9.84. The molecule has 11 heteroatoms. The molecule has 11 nitrogen and oxygen atoms in total. The van der Waals surface area contributed by atoms with E-state index in [0.29, 0.717) is 31.9 Å². The maximum Gasteiger partial charge on any atom is 0.330 e. The maximum atomic E-state index is 13.9. The molecule has 4 atom stereocenters. The number of aromatic nitrogens is 2. The maximum absolute atomic E-state index is 13.9. The van der Waals surface area contributed by atoms with Crippen molar-refractivity contribution in [2.75, 3.05) is 45.8 Å². The highest BCUT2D eigenvalue weighted by atomic mass is 16.6. The van der Waals surface area contributed by atoms with E-state index in [4.69, 9.17) is 4.74 Å². The summed E-state index contributed by atoms with van der Waals surface area (Å²) >= 11 is 0. The fourth-order valence-electron chi connectivity index (χ4n) is 7.66. The third-order valence-electron chi connectivity index (χ3n) is 9.84. The zero-order chi connectivity index (χ0) is 33.5. The van der Waals surface area contributed by atoms with Crippen molar-refractivity contribution in [3.8, 4) is 0 Å². The van der Waals surface area contributed by atoms with Crippen LogP contribution in [0.1, 0.15) is 18.1 Å². The summed E-state index contributed by atoms with van der Waals surface area (Å²) in [4.78, 5) is 38.0. The summed E-state index contributed by atoms with van der Waals surface area (Å²) in [6.07, 6.45) is -6.13. The number of ether oxygens (including phenoxy) is 1. The van der Waals surface area contributed by atoms with E-state index in [1.165, 1.54) is 10.6 Å². The van der Waals surface area contributed by atoms with Crippen LogP contribution in [0.5, 0.6) is 0 Å². The first-order valence-corrected chi connectivity index (χ1v) is 16.6. The highest BCUT2D eigenvalue weighted by Crippen LogP contribution is 2.42. The first-order chi connectivity index (χ1) is 24.0. The molecule has 8 rings (SSSR count). The molecule has 3 fully saturated rings. The monoisotopic (exact) mass is 658 g/mol. The molecule has 0 radical (unpaired) electrons. The number of hydrogen-bond donors (Lipinski definition) is 3. The molecule has 4 aromatic carbocycles. The molecule has 0 aliphatic carbocycles. The summed E-state index contributed by atoms with van der Waals surface area (Å²) in [7, 11) is 0. The predicted octanol–water partition coefficient (Wildman–Crippen LogP) is 3.53. The Morgan fingerprint density at radius 1 is 0.571 bits per heavy atom. The highest BCUT2D eigenvalue weighted by molar-refractivity contribution is 5.59. The average Bonchev–Trinajstić information content (AvgIpc) is 3.86. The Morgan fingerprint density at radius 3 is 1.43 bits per heavy atom. The van der Waals surface area contributed by atoms with Gasteiger partial charge in [0.25, 0.3) is 5.56 Å². The van der Waals surface area contributed by atoms with E-state index in [9.17, 15) is 19.8 Å². The van der Waals surface area contributed by atoms with Gasteiger partial charge >= 0.3 is 5.69 Å². The van der Waals surface area contributed by atoms with Gasteiger partial charge in [-0.05, 0) is 48.5 Å². The second kappa shape index (κ2) is 12.9. The quantitative estimate of drug-likeness (QED) is 0.242. The first kappa shape index (κ1) is 30.9. The number of aliphatic hydroxyl groups excluding tert-OH is 2. The number of rotatable bonds is 7. The van der Waals surface area contributed by atoms with Crippen LogP contribution in [-0.2, 0) is 4.74 Å². The minimum atomic E-state index is -1.47. The molecule has 3 N–H and O–H groups in total. The van der Waals surface area contributed by atoms with Crippen LogP contribution in [0.15, 0.2) is 137 Å². The van der Waals surface area contributed by atoms with E-state index in [1.807, 2.05) is 121 Å². The lowest BCUT2D eigenvalue weighted by molar-refractivity contribution is -0.0477. The Balaban J connectivity index is 1.23. The van der Waals surface area contributed by atoms with E-state index < -0.39 is 48.1 Å². The largest absolute Gasteiger partial charge is 0.387 e. The topological polar surface area (TPSA) is 118 Å². The molecule has 49 heavy (non-hydrogen) atoms. The van der Waals surface area contributed by atoms with Gasteiger partial charge in [-0.3, -0.25) is 14.3 Å². The molecule has 3 saturated heterocycles. The van der Waals surface area contributed by atoms with Gasteiger partial charge < -0.3 is 34.5 Å². The number of hydrogen-bond acceptors (Lipinski definition) is 9. The van der Waals surface area contributed by atoms with Crippen molar-refractivity contribution in [2.45, 2.75) is 36.9 Å². The number of aliphatic hydroxyl groups is 2. The molecule has 0 spiro atoms. The summed E-state index contributed by atoms with van der Waals surface area (Å²) in [6.45, 7) is 2.54. The van der Waals surface area contributed by atoms with Crippen LogP contribution < -0.4 is 30.8 Å². The zero-order valence-electron chi connectivity index (χ0n) is 26.8. The number of para-hydroxylation sites is 4. The smallest absolute Gasteiger partial charge is 0.330 e. The first-order valence-electron chi connectivity index (χ1n) is 16.6. The molecule has 5 aromatic rings. The molecule has 3 aliphatic rings. The number of anilines is 4. The fraction of sp³-hybridized carbons (Fsp3) is 0.263. The van der Waals surface area contributed by atoms with Crippen LogP contribution in [0.25, 0.3) is 0 Å². The van der Waals surface area contributed by atoms with Crippen molar-refractivity contribution >= 4 is 22.7 Å². The van der Waals surface area contributed by atoms with E-state index in [0.717, 1.165) is 22.7 Å². The van der Waals surface area contributed by atoms with Crippen molar-refractivity contribution < 1.29 is 14.9 Å². The summed E-state index contributed by atoms with van der Waals surface area (Å²) in [5.41, 5.74) is 2.79. The van der Waals surface area contributed by atoms with Crippen LogP contribution in [0, 0.1) is 0 Å². The van der Waals surface area contributed by atoms with Gasteiger partial charge in [-0.2, -0.15) is 0 Å². The van der Waals surface area contributed by atoms with E-state index in [2.05, 4.69) is 24.6 Å². The van der Waals surface area contributed by atoms with Gasteiger partial charge in [0.1, 0.15) is 30.6 Å². The average molecular weight is 659 g/mol. The van der Waals surface area contributed by atoms with Gasteiger partial charge in [0.2, 0.25) is 0 Å². The Labute approximate surface area is 283 Å². The summed E-state index contributed by atoms with van der Waals surface area (Å²) < 4.78 is 8.01.